The lowest BCUT2D eigenvalue weighted by atomic mass is 9.99. The van der Waals surface area contributed by atoms with Crippen molar-refractivity contribution >= 4 is 33.3 Å². The number of nitrogens with zero attached hydrogens (tertiary/aromatic N) is 2. The molecule has 1 aliphatic rings. The molecule has 0 radical (unpaired) electrons. The van der Waals surface area contributed by atoms with Gasteiger partial charge in [-0.2, -0.15) is 0 Å². The van der Waals surface area contributed by atoms with Crippen LogP contribution in [-0.4, -0.2) is 22.0 Å². The monoisotopic (exact) mass is 304 g/mol. The average molecular weight is 304 g/mol. The largest absolute Gasteiger partial charge is 0.548 e. The number of aryl methyl sites for hydroxylation is 2. The number of fused-ring (bicyclic) bond motifs is 3. The second-order valence-corrected chi connectivity index (χ2v) is 6.67. The molecule has 0 fully saturated rings. The zero-order valence-corrected chi connectivity index (χ0v) is 13.0. The molecular weight excluding hydrogens is 286 g/mol. The number of carbonyl (C=O) groups excluding carboxylic acids is 1. The number of aliphatic carboxylic acids is 1. The second-order valence-electron chi connectivity index (χ2n) is 5.59. The van der Waals surface area contributed by atoms with Crippen molar-refractivity contribution in [2.45, 2.75) is 45.6 Å². The second kappa shape index (κ2) is 5.60. The van der Waals surface area contributed by atoms with Crippen molar-refractivity contribution in [3.05, 3.63) is 16.8 Å². The lowest BCUT2D eigenvalue weighted by molar-refractivity contribution is -0.307. The summed E-state index contributed by atoms with van der Waals surface area (Å²) in [5.41, 5.74) is 1.29. The maximum absolute atomic E-state index is 11.4. The van der Waals surface area contributed by atoms with Crippen LogP contribution in [0, 0.1) is 5.92 Å². The first-order valence-corrected chi connectivity index (χ1v) is 8.16. The number of hydrogen-bond acceptors (Lipinski definition) is 6. The van der Waals surface area contributed by atoms with Gasteiger partial charge in [-0.1, -0.05) is 20.3 Å². The summed E-state index contributed by atoms with van der Waals surface area (Å²) in [6.07, 6.45) is 5.53. The molecular formula is C15H18N3O2S-. The molecule has 2 atom stereocenters. The molecule has 112 valence electrons. The third kappa shape index (κ3) is 2.48. The average Bonchev–Trinajstić information content (AvgIpc) is 3.03. The van der Waals surface area contributed by atoms with Gasteiger partial charge < -0.3 is 15.2 Å². The van der Waals surface area contributed by atoms with Gasteiger partial charge in [-0.25, -0.2) is 9.97 Å². The van der Waals surface area contributed by atoms with E-state index in [0.717, 1.165) is 35.9 Å². The van der Waals surface area contributed by atoms with E-state index in [4.69, 9.17) is 0 Å². The Bertz CT molecular complexity index is 683. The summed E-state index contributed by atoms with van der Waals surface area (Å²) >= 11 is 1.70. The molecule has 0 aromatic carbocycles. The van der Waals surface area contributed by atoms with Gasteiger partial charge >= 0.3 is 0 Å². The Morgan fingerprint density at radius 1 is 1.48 bits per heavy atom. The molecule has 3 rings (SSSR count). The molecule has 2 unspecified atom stereocenters. The number of hydrogen-bond donors (Lipinski definition) is 1. The van der Waals surface area contributed by atoms with Crippen molar-refractivity contribution in [3.8, 4) is 0 Å². The Morgan fingerprint density at radius 3 is 3.00 bits per heavy atom. The molecule has 0 spiro atoms. The van der Waals surface area contributed by atoms with Gasteiger partial charge in [0.05, 0.1) is 17.4 Å². The van der Waals surface area contributed by atoms with Crippen LogP contribution < -0.4 is 10.4 Å². The lowest BCUT2D eigenvalue weighted by Gasteiger charge is -2.26. The highest BCUT2D eigenvalue weighted by molar-refractivity contribution is 7.19. The van der Waals surface area contributed by atoms with E-state index in [1.54, 1.807) is 11.3 Å². The van der Waals surface area contributed by atoms with Gasteiger partial charge in [-0.15, -0.1) is 11.3 Å². The molecule has 0 aliphatic heterocycles. The lowest BCUT2D eigenvalue weighted by Crippen LogP contribution is -2.45. The Hall–Kier alpha value is -1.69. The van der Waals surface area contributed by atoms with Gasteiger partial charge in [-0.05, 0) is 30.7 Å². The minimum absolute atomic E-state index is 0.0216. The summed E-state index contributed by atoms with van der Waals surface area (Å²) in [4.78, 5) is 22.3. The zero-order valence-electron chi connectivity index (χ0n) is 12.2. The van der Waals surface area contributed by atoms with Crippen molar-refractivity contribution in [3.63, 3.8) is 0 Å². The molecule has 2 aromatic rings. The first-order valence-electron chi connectivity index (χ1n) is 7.34. The van der Waals surface area contributed by atoms with Crippen molar-refractivity contribution in [1.82, 2.24) is 9.97 Å². The molecule has 1 aliphatic carbocycles. The van der Waals surface area contributed by atoms with Crippen molar-refractivity contribution in [2.75, 3.05) is 5.32 Å². The Kier molecular flexibility index (Phi) is 3.80. The van der Waals surface area contributed by atoms with E-state index < -0.39 is 12.0 Å². The zero-order chi connectivity index (χ0) is 15.0. The number of thiophene rings is 1. The molecule has 2 heterocycles. The summed E-state index contributed by atoms with van der Waals surface area (Å²) in [5.74, 6) is -0.469. The molecule has 21 heavy (non-hydrogen) atoms. The van der Waals surface area contributed by atoms with E-state index in [2.05, 4.69) is 15.3 Å². The van der Waals surface area contributed by atoms with Crippen LogP contribution in [0.2, 0.25) is 0 Å². The molecule has 6 heteroatoms. The number of carbonyl (C=O) groups is 1. The first kappa shape index (κ1) is 14.3. The van der Waals surface area contributed by atoms with Gasteiger partial charge in [-0.3, -0.25) is 0 Å². The predicted molar refractivity (Wildman–Crippen MR) is 81.3 cm³/mol. The van der Waals surface area contributed by atoms with Crippen LogP contribution in [-0.2, 0) is 17.6 Å². The smallest absolute Gasteiger partial charge is 0.138 e. The van der Waals surface area contributed by atoms with Crippen LogP contribution >= 0.6 is 11.3 Å². The number of carboxylic acids is 1. The van der Waals surface area contributed by atoms with Crippen molar-refractivity contribution < 1.29 is 9.90 Å². The Balaban J connectivity index is 2.02. The highest BCUT2D eigenvalue weighted by Gasteiger charge is 2.24. The van der Waals surface area contributed by atoms with Gasteiger partial charge in [0.2, 0.25) is 0 Å². The first-order chi connectivity index (χ1) is 10.1. The van der Waals surface area contributed by atoms with Crippen molar-refractivity contribution in [2.24, 2.45) is 5.92 Å². The van der Waals surface area contributed by atoms with Gasteiger partial charge in [0.25, 0.3) is 0 Å². The fourth-order valence-electron chi connectivity index (χ4n) is 2.85. The highest BCUT2D eigenvalue weighted by Crippen LogP contribution is 2.39. The van der Waals surface area contributed by atoms with E-state index in [1.807, 2.05) is 13.8 Å². The maximum atomic E-state index is 11.4. The van der Waals surface area contributed by atoms with Crippen LogP contribution in [0.15, 0.2) is 6.33 Å². The number of aromatic nitrogens is 2. The Morgan fingerprint density at radius 2 is 2.29 bits per heavy atom. The van der Waals surface area contributed by atoms with E-state index >= 15 is 0 Å². The third-order valence-electron chi connectivity index (χ3n) is 4.26. The summed E-state index contributed by atoms with van der Waals surface area (Å²) < 4.78 is 0. The minimum Gasteiger partial charge on any atom is -0.548 e. The summed E-state index contributed by atoms with van der Waals surface area (Å²) in [6.45, 7) is 3.88. The molecule has 0 saturated heterocycles. The van der Waals surface area contributed by atoms with Crippen LogP contribution in [0.5, 0.6) is 0 Å². The normalized spacial score (nSPS) is 16.7. The maximum Gasteiger partial charge on any atom is 0.138 e. The van der Waals surface area contributed by atoms with E-state index in [9.17, 15) is 9.90 Å². The molecule has 2 aromatic heterocycles. The number of nitrogens with one attached hydrogen (secondary N) is 1. The molecule has 0 saturated carbocycles. The topological polar surface area (TPSA) is 77.9 Å². The third-order valence-corrected chi connectivity index (χ3v) is 5.46. The minimum atomic E-state index is -1.08. The SMILES string of the molecule is CCC(C)C(Nc1ncnc2sc3c(c12)CCC3)C(=O)[O-]. The Labute approximate surface area is 127 Å². The molecule has 0 bridgehead atoms. The quantitative estimate of drug-likeness (QED) is 0.910. The van der Waals surface area contributed by atoms with Gasteiger partial charge in [0.1, 0.15) is 17.0 Å². The summed E-state index contributed by atoms with van der Waals surface area (Å²) in [5, 5.41) is 15.5. The van der Waals surface area contributed by atoms with E-state index in [1.165, 1.54) is 16.8 Å². The highest BCUT2D eigenvalue weighted by atomic mass is 32.1. The standard InChI is InChI=1S/C15H19N3O2S/c1-3-8(2)12(15(19)20)18-13-11-9-5-4-6-10(9)21-14(11)17-7-16-13/h7-8,12H,3-6H2,1-2H3,(H,19,20)(H,16,17,18)/p-1. The van der Waals surface area contributed by atoms with Gasteiger partial charge in [0, 0.05) is 4.88 Å². The summed E-state index contributed by atoms with van der Waals surface area (Å²) in [7, 11) is 0. The fourth-order valence-corrected chi connectivity index (χ4v) is 4.08. The molecule has 0 amide bonds. The van der Waals surface area contributed by atoms with Crippen LogP contribution in [0.1, 0.15) is 37.1 Å². The fraction of sp³-hybridized carbons (Fsp3) is 0.533. The molecule has 1 N–H and O–H groups in total. The summed E-state index contributed by atoms with van der Waals surface area (Å²) in [6, 6.07) is -0.731. The van der Waals surface area contributed by atoms with Crippen LogP contribution in [0.25, 0.3) is 10.2 Å². The van der Waals surface area contributed by atoms with Gasteiger partial charge in [0.15, 0.2) is 0 Å². The van der Waals surface area contributed by atoms with Crippen LogP contribution in [0.4, 0.5) is 5.82 Å². The predicted octanol–water partition coefficient (Wildman–Crippen LogP) is 1.76. The van der Waals surface area contributed by atoms with E-state index in [-0.39, 0.29) is 5.92 Å². The van der Waals surface area contributed by atoms with E-state index in [0.29, 0.717) is 5.82 Å². The number of rotatable bonds is 5. The van der Waals surface area contributed by atoms with Crippen molar-refractivity contribution in [1.29, 1.82) is 0 Å². The number of anilines is 1. The number of carboxylic acid groups (broad SMARTS) is 1. The molecule has 5 nitrogen and oxygen atoms in total. The van der Waals surface area contributed by atoms with Crippen LogP contribution in [0.3, 0.4) is 0 Å².